The molecule has 2 heteroatoms. The van der Waals surface area contributed by atoms with E-state index in [9.17, 15) is 10.2 Å². The van der Waals surface area contributed by atoms with Gasteiger partial charge in [0.05, 0.1) is 12.2 Å². The average molecular weight is 296 g/mol. The van der Waals surface area contributed by atoms with Crippen LogP contribution in [-0.2, 0) is 0 Å². The molecule has 2 aliphatic carbocycles. The molecule has 0 spiro atoms. The van der Waals surface area contributed by atoms with E-state index in [2.05, 4.69) is 34.6 Å². The molecule has 0 heterocycles. The fraction of sp³-hybridized carbons (Fsp3) is 1.00. The van der Waals surface area contributed by atoms with Gasteiger partial charge in [0.25, 0.3) is 0 Å². The SMILES string of the molecule is CC(C)[C@@H]1CC[C@@H]([C@]2(C)CC[C@@H](C(C)C)[C@H](O)C2)C[C@H]1O. The number of rotatable bonds is 3. The Morgan fingerprint density at radius 1 is 0.857 bits per heavy atom. The summed E-state index contributed by atoms with van der Waals surface area (Å²) >= 11 is 0. The van der Waals surface area contributed by atoms with Gasteiger partial charge in [-0.2, -0.15) is 0 Å². The van der Waals surface area contributed by atoms with Crippen molar-refractivity contribution in [2.24, 2.45) is 35.0 Å². The number of aliphatic hydroxyl groups is 2. The number of hydrogen-bond donors (Lipinski definition) is 2. The fourth-order valence-corrected chi connectivity index (χ4v) is 5.15. The van der Waals surface area contributed by atoms with Crippen LogP contribution in [0, 0.1) is 35.0 Å². The highest BCUT2D eigenvalue weighted by molar-refractivity contribution is 4.96. The highest BCUT2D eigenvalue weighted by Gasteiger charge is 2.45. The molecule has 2 saturated carbocycles. The van der Waals surface area contributed by atoms with Crippen molar-refractivity contribution in [1.82, 2.24) is 0 Å². The molecule has 0 aromatic heterocycles. The van der Waals surface area contributed by atoms with E-state index in [-0.39, 0.29) is 17.6 Å². The molecular weight excluding hydrogens is 260 g/mol. The third-order valence-electron chi connectivity index (χ3n) is 6.79. The minimum Gasteiger partial charge on any atom is -0.393 e. The summed E-state index contributed by atoms with van der Waals surface area (Å²) in [7, 11) is 0. The summed E-state index contributed by atoms with van der Waals surface area (Å²) in [4.78, 5) is 0. The van der Waals surface area contributed by atoms with Crippen molar-refractivity contribution in [3.63, 3.8) is 0 Å². The molecule has 2 N–H and O–H groups in total. The van der Waals surface area contributed by atoms with Crippen LogP contribution in [0.2, 0.25) is 0 Å². The van der Waals surface area contributed by atoms with Gasteiger partial charge in [0.2, 0.25) is 0 Å². The van der Waals surface area contributed by atoms with E-state index in [0.717, 1.165) is 25.7 Å². The van der Waals surface area contributed by atoms with Crippen molar-refractivity contribution >= 4 is 0 Å². The summed E-state index contributed by atoms with van der Waals surface area (Å²) in [5.41, 5.74) is 0.230. The lowest BCUT2D eigenvalue weighted by molar-refractivity contribution is -0.0695. The highest BCUT2D eigenvalue weighted by atomic mass is 16.3. The van der Waals surface area contributed by atoms with Crippen LogP contribution >= 0.6 is 0 Å². The van der Waals surface area contributed by atoms with Crippen LogP contribution in [0.25, 0.3) is 0 Å². The maximum Gasteiger partial charge on any atom is 0.0576 e. The largest absolute Gasteiger partial charge is 0.393 e. The first kappa shape index (κ1) is 17.3. The molecule has 124 valence electrons. The molecule has 2 aliphatic rings. The topological polar surface area (TPSA) is 40.5 Å². The summed E-state index contributed by atoms with van der Waals surface area (Å²) in [5, 5.41) is 21.0. The zero-order chi connectivity index (χ0) is 15.8. The molecule has 0 aromatic rings. The molecule has 0 unspecified atom stereocenters. The maximum absolute atomic E-state index is 10.5. The Bertz CT molecular complexity index is 338. The minimum atomic E-state index is -0.149. The summed E-state index contributed by atoms with van der Waals surface area (Å²) < 4.78 is 0. The summed E-state index contributed by atoms with van der Waals surface area (Å²) in [6.45, 7) is 11.3. The van der Waals surface area contributed by atoms with Gasteiger partial charge in [-0.05, 0) is 73.5 Å². The molecule has 0 aromatic carbocycles. The molecule has 2 rings (SSSR count). The smallest absolute Gasteiger partial charge is 0.0576 e. The first-order valence-electron chi connectivity index (χ1n) is 9.10. The van der Waals surface area contributed by atoms with Crippen LogP contribution < -0.4 is 0 Å². The maximum atomic E-state index is 10.5. The fourth-order valence-electron chi connectivity index (χ4n) is 5.15. The van der Waals surface area contributed by atoms with E-state index in [0.29, 0.717) is 29.6 Å². The van der Waals surface area contributed by atoms with Crippen molar-refractivity contribution in [2.45, 2.75) is 85.4 Å². The van der Waals surface area contributed by atoms with Gasteiger partial charge in [0.1, 0.15) is 0 Å². The molecular formula is C19H36O2. The van der Waals surface area contributed by atoms with Crippen molar-refractivity contribution in [1.29, 1.82) is 0 Å². The number of hydrogen-bond acceptors (Lipinski definition) is 2. The van der Waals surface area contributed by atoms with Gasteiger partial charge in [0, 0.05) is 0 Å². The Morgan fingerprint density at radius 2 is 1.43 bits per heavy atom. The lowest BCUT2D eigenvalue weighted by atomic mass is 9.57. The molecule has 6 atom stereocenters. The molecule has 0 amide bonds. The van der Waals surface area contributed by atoms with Crippen LogP contribution in [-0.4, -0.2) is 22.4 Å². The van der Waals surface area contributed by atoms with Gasteiger partial charge in [-0.25, -0.2) is 0 Å². The van der Waals surface area contributed by atoms with Gasteiger partial charge in [0.15, 0.2) is 0 Å². The van der Waals surface area contributed by atoms with E-state index in [4.69, 9.17) is 0 Å². The Balaban J connectivity index is 1.99. The molecule has 2 fully saturated rings. The number of aliphatic hydroxyl groups excluding tert-OH is 2. The highest BCUT2D eigenvalue weighted by Crippen LogP contribution is 2.51. The van der Waals surface area contributed by atoms with Crippen LogP contribution in [0.5, 0.6) is 0 Å². The van der Waals surface area contributed by atoms with Crippen LogP contribution in [0.3, 0.4) is 0 Å². The molecule has 21 heavy (non-hydrogen) atoms. The lowest BCUT2D eigenvalue weighted by Gasteiger charge is -2.49. The summed E-state index contributed by atoms with van der Waals surface area (Å²) in [6, 6.07) is 0. The molecule has 0 saturated heterocycles. The quantitative estimate of drug-likeness (QED) is 0.817. The van der Waals surface area contributed by atoms with E-state index in [1.807, 2.05) is 0 Å². The van der Waals surface area contributed by atoms with E-state index >= 15 is 0 Å². The second-order valence-electron chi connectivity index (χ2n) is 8.86. The molecule has 0 bridgehead atoms. The predicted octanol–water partition coefficient (Wildman–Crippen LogP) is 4.24. The van der Waals surface area contributed by atoms with Gasteiger partial charge in [-0.3, -0.25) is 0 Å². The van der Waals surface area contributed by atoms with Crippen LogP contribution in [0.4, 0.5) is 0 Å². The Morgan fingerprint density at radius 3 is 1.90 bits per heavy atom. The van der Waals surface area contributed by atoms with Crippen LogP contribution in [0.15, 0.2) is 0 Å². The standard InChI is InChI=1S/C19H36O2/c1-12(2)15-7-6-14(10-17(15)20)19(5)9-8-16(13(3)4)18(21)11-19/h12-18,20-21H,6-11H2,1-5H3/t14-,15+,16+,17-,18-,19-/m1/s1. The van der Waals surface area contributed by atoms with E-state index in [1.165, 1.54) is 12.8 Å². The zero-order valence-electron chi connectivity index (χ0n) is 14.7. The second kappa shape index (κ2) is 6.58. The predicted molar refractivity (Wildman–Crippen MR) is 88.0 cm³/mol. The molecule has 0 radical (unpaired) electrons. The summed E-state index contributed by atoms with van der Waals surface area (Å²) in [5.74, 6) is 2.69. The second-order valence-corrected chi connectivity index (χ2v) is 8.86. The normalized spacial score (nSPS) is 45.3. The third-order valence-corrected chi connectivity index (χ3v) is 6.79. The van der Waals surface area contributed by atoms with Gasteiger partial charge in [-0.15, -0.1) is 0 Å². The third kappa shape index (κ3) is 3.64. The van der Waals surface area contributed by atoms with Gasteiger partial charge >= 0.3 is 0 Å². The van der Waals surface area contributed by atoms with Crippen molar-refractivity contribution in [2.75, 3.05) is 0 Å². The first-order valence-corrected chi connectivity index (χ1v) is 9.10. The Hall–Kier alpha value is -0.0800. The minimum absolute atomic E-state index is 0.138. The lowest BCUT2D eigenvalue weighted by Crippen LogP contribution is -2.45. The van der Waals surface area contributed by atoms with Crippen molar-refractivity contribution in [3.8, 4) is 0 Å². The Labute approximate surface area is 131 Å². The van der Waals surface area contributed by atoms with E-state index in [1.54, 1.807) is 0 Å². The zero-order valence-corrected chi connectivity index (χ0v) is 14.7. The summed E-state index contributed by atoms with van der Waals surface area (Å²) in [6.07, 6.45) is 6.34. The van der Waals surface area contributed by atoms with Crippen LogP contribution in [0.1, 0.15) is 73.1 Å². The van der Waals surface area contributed by atoms with E-state index < -0.39 is 0 Å². The first-order chi connectivity index (χ1) is 9.74. The molecule has 2 nitrogen and oxygen atoms in total. The average Bonchev–Trinajstić information content (AvgIpc) is 2.37. The Kier molecular flexibility index (Phi) is 5.41. The monoisotopic (exact) mass is 296 g/mol. The van der Waals surface area contributed by atoms with Crippen molar-refractivity contribution in [3.05, 3.63) is 0 Å². The van der Waals surface area contributed by atoms with Gasteiger partial charge in [-0.1, -0.05) is 34.6 Å². The molecule has 0 aliphatic heterocycles. The van der Waals surface area contributed by atoms with Crippen molar-refractivity contribution < 1.29 is 10.2 Å². The van der Waals surface area contributed by atoms with Gasteiger partial charge < -0.3 is 10.2 Å².